The number of nitrogens with one attached hydrogen (secondary N) is 1. The highest BCUT2D eigenvalue weighted by Gasteiger charge is 2.24. The number of hydrogen-bond acceptors (Lipinski definition) is 4. The number of aromatic nitrogens is 1. The second kappa shape index (κ2) is 7.10. The summed E-state index contributed by atoms with van der Waals surface area (Å²) in [5.74, 6) is 0. The minimum Gasteiger partial charge on any atom is -0.344 e. The zero-order valence-electron chi connectivity index (χ0n) is 11.6. The fourth-order valence-electron chi connectivity index (χ4n) is 2.50. The molecule has 2 rings (SSSR count). The quantitative estimate of drug-likeness (QED) is 0.803. The van der Waals surface area contributed by atoms with Gasteiger partial charge in [-0.25, -0.2) is 4.98 Å². The normalized spacial score (nSPS) is 20.3. The van der Waals surface area contributed by atoms with Crippen molar-refractivity contribution in [2.24, 2.45) is 0 Å². The van der Waals surface area contributed by atoms with E-state index < -0.39 is 0 Å². The average Bonchev–Trinajstić information content (AvgIpc) is 2.88. The van der Waals surface area contributed by atoms with Crippen LogP contribution in [0.4, 0.5) is 5.13 Å². The second-order valence-corrected chi connectivity index (χ2v) is 5.86. The van der Waals surface area contributed by atoms with Crippen molar-refractivity contribution in [1.82, 2.24) is 10.3 Å². The Bertz CT molecular complexity index is 351. The zero-order valence-corrected chi connectivity index (χ0v) is 12.4. The summed E-state index contributed by atoms with van der Waals surface area (Å²) in [4.78, 5) is 7.27. The maximum Gasteiger partial charge on any atom is 0.185 e. The summed E-state index contributed by atoms with van der Waals surface area (Å²) in [5.41, 5.74) is 1.24. The summed E-state index contributed by atoms with van der Waals surface area (Å²) < 4.78 is 0. The molecule has 18 heavy (non-hydrogen) atoms. The lowest BCUT2D eigenvalue weighted by Crippen LogP contribution is -2.45. The number of rotatable bonds is 6. The van der Waals surface area contributed by atoms with Gasteiger partial charge in [-0.1, -0.05) is 13.8 Å². The van der Waals surface area contributed by atoms with Crippen molar-refractivity contribution in [2.45, 2.75) is 52.0 Å². The Hall–Kier alpha value is -0.610. The van der Waals surface area contributed by atoms with Gasteiger partial charge in [-0.3, -0.25) is 0 Å². The van der Waals surface area contributed by atoms with Gasteiger partial charge < -0.3 is 10.2 Å². The molecule has 1 fully saturated rings. The number of hydrogen-bond donors (Lipinski definition) is 1. The molecular weight excluding hydrogens is 242 g/mol. The fraction of sp³-hybridized carbons (Fsp3) is 0.786. The van der Waals surface area contributed by atoms with Gasteiger partial charge in [-0.2, -0.15) is 0 Å². The monoisotopic (exact) mass is 267 g/mol. The number of thiazole rings is 1. The first-order valence-corrected chi connectivity index (χ1v) is 8.14. The summed E-state index contributed by atoms with van der Waals surface area (Å²) in [5, 5.41) is 7.00. The molecule has 1 aromatic rings. The standard InChI is InChI=1S/C14H25N3S/c1-3-8-15-10-13-7-5-6-9-17(13)14-16-12(4-2)11-18-14/h11,13,15H,3-10H2,1-2H3. The number of aryl methyl sites for hydroxylation is 1. The first-order valence-electron chi connectivity index (χ1n) is 7.27. The number of piperidine rings is 1. The molecule has 1 unspecified atom stereocenters. The van der Waals surface area contributed by atoms with E-state index in [2.05, 4.69) is 29.4 Å². The van der Waals surface area contributed by atoms with Crippen LogP contribution in [0.2, 0.25) is 0 Å². The van der Waals surface area contributed by atoms with E-state index in [1.807, 2.05) is 11.3 Å². The first kappa shape index (κ1) is 13.8. The summed E-state index contributed by atoms with van der Waals surface area (Å²) in [7, 11) is 0. The average molecular weight is 267 g/mol. The number of anilines is 1. The largest absolute Gasteiger partial charge is 0.344 e. The smallest absolute Gasteiger partial charge is 0.185 e. The maximum atomic E-state index is 4.75. The fourth-order valence-corrected chi connectivity index (χ4v) is 3.51. The van der Waals surface area contributed by atoms with Gasteiger partial charge in [-0.05, 0) is 38.6 Å². The molecule has 1 atom stereocenters. The lowest BCUT2D eigenvalue weighted by atomic mass is 10.0. The lowest BCUT2D eigenvalue weighted by molar-refractivity contribution is 0.435. The van der Waals surface area contributed by atoms with Crippen LogP contribution in [-0.4, -0.2) is 30.7 Å². The van der Waals surface area contributed by atoms with Crippen molar-refractivity contribution in [1.29, 1.82) is 0 Å². The van der Waals surface area contributed by atoms with E-state index in [0.717, 1.165) is 19.5 Å². The summed E-state index contributed by atoms with van der Waals surface area (Å²) in [6.45, 7) is 7.81. The molecule has 0 bridgehead atoms. The molecule has 1 saturated heterocycles. The predicted molar refractivity (Wildman–Crippen MR) is 79.6 cm³/mol. The van der Waals surface area contributed by atoms with E-state index >= 15 is 0 Å². The molecule has 1 N–H and O–H groups in total. The summed E-state index contributed by atoms with van der Waals surface area (Å²) in [6, 6.07) is 0.640. The SMILES string of the molecule is CCCNCC1CCCCN1c1nc(CC)cs1. The molecule has 0 amide bonds. The Morgan fingerprint density at radius 2 is 2.33 bits per heavy atom. The van der Waals surface area contributed by atoms with Gasteiger partial charge >= 0.3 is 0 Å². The molecule has 0 spiro atoms. The van der Waals surface area contributed by atoms with Crippen molar-refractivity contribution in [3.8, 4) is 0 Å². The molecule has 0 aromatic carbocycles. The van der Waals surface area contributed by atoms with Crippen LogP contribution in [0, 0.1) is 0 Å². The second-order valence-electron chi connectivity index (χ2n) is 5.02. The van der Waals surface area contributed by atoms with Gasteiger partial charge in [0.25, 0.3) is 0 Å². The van der Waals surface area contributed by atoms with Crippen LogP contribution in [0.5, 0.6) is 0 Å². The van der Waals surface area contributed by atoms with Crippen molar-refractivity contribution in [3.05, 3.63) is 11.1 Å². The zero-order chi connectivity index (χ0) is 12.8. The van der Waals surface area contributed by atoms with Crippen LogP contribution in [0.25, 0.3) is 0 Å². The van der Waals surface area contributed by atoms with Crippen LogP contribution >= 0.6 is 11.3 Å². The Morgan fingerprint density at radius 3 is 3.06 bits per heavy atom. The minimum atomic E-state index is 0.640. The van der Waals surface area contributed by atoms with Crippen LogP contribution in [0.1, 0.15) is 45.2 Å². The lowest BCUT2D eigenvalue weighted by Gasteiger charge is -2.35. The molecule has 2 heterocycles. The third-order valence-electron chi connectivity index (χ3n) is 3.58. The highest BCUT2D eigenvalue weighted by Crippen LogP contribution is 2.27. The summed E-state index contributed by atoms with van der Waals surface area (Å²) >= 11 is 1.81. The van der Waals surface area contributed by atoms with Gasteiger partial charge in [0.05, 0.1) is 5.69 Å². The number of nitrogens with zero attached hydrogens (tertiary/aromatic N) is 2. The molecule has 0 radical (unpaired) electrons. The Balaban J connectivity index is 1.98. The van der Waals surface area contributed by atoms with Gasteiger partial charge in [0.2, 0.25) is 0 Å². The molecule has 3 nitrogen and oxygen atoms in total. The molecular formula is C14H25N3S. The third kappa shape index (κ3) is 3.45. The van der Waals surface area contributed by atoms with E-state index in [4.69, 9.17) is 4.98 Å². The third-order valence-corrected chi connectivity index (χ3v) is 4.51. The summed E-state index contributed by atoms with van der Waals surface area (Å²) in [6.07, 6.45) is 6.23. The molecule has 0 saturated carbocycles. The van der Waals surface area contributed by atoms with E-state index in [1.54, 1.807) is 0 Å². The van der Waals surface area contributed by atoms with Crippen molar-refractivity contribution in [3.63, 3.8) is 0 Å². The predicted octanol–water partition coefficient (Wildman–Crippen LogP) is 3.06. The molecule has 1 aromatic heterocycles. The molecule has 1 aliphatic rings. The van der Waals surface area contributed by atoms with Crippen LogP contribution in [0.15, 0.2) is 5.38 Å². The Kier molecular flexibility index (Phi) is 5.45. The van der Waals surface area contributed by atoms with Crippen LogP contribution in [0.3, 0.4) is 0 Å². The highest BCUT2D eigenvalue weighted by atomic mass is 32.1. The molecule has 4 heteroatoms. The van der Waals surface area contributed by atoms with E-state index in [-0.39, 0.29) is 0 Å². The molecule has 102 valence electrons. The van der Waals surface area contributed by atoms with Gasteiger partial charge in [0.1, 0.15) is 0 Å². The maximum absolute atomic E-state index is 4.75. The molecule has 0 aliphatic carbocycles. The van der Waals surface area contributed by atoms with Crippen molar-refractivity contribution >= 4 is 16.5 Å². The van der Waals surface area contributed by atoms with Gasteiger partial charge in [0.15, 0.2) is 5.13 Å². The van der Waals surface area contributed by atoms with Crippen molar-refractivity contribution in [2.75, 3.05) is 24.5 Å². The Labute approximate surface area is 115 Å². The van der Waals surface area contributed by atoms with E-state index in [9.17, 15) is 0 Å². The van der Waals surface area contributed by atoms with Crippen LogP contribution < -0.4 is 10.2 Å². The highest BCUT2D eigenvalue weighted by molar-refractivity contribution is 7.13. The first-order chi connectivity index (χ1) is 8.85. The van der Waals surface area contributed by atoms with E-state index in [0.29, 0.717) is 6.04 Å². The molecule has 1 aliphatic heterocycles. The minimum absolute atomic E-state index is 0.640. The van der Waals surface area contributed by atoms with Crippen molar-refractivity contribution < 1.29 is 0 Å². The Morgan fingerprint density at radius 1 is 1.44 bits per heavy atom. The van der Waals surface area contributed by atoms with Gasteiger partial charge in [-0.15, -0.1) is 11.3 Å². The topological polar surface area (TPSA) is 28.2 Å². The van der Waals surface area contributed by atoms with Gasteiger partial charge in [0, 0.05) is 24.5 Å². The van der Waals surface area contributed by atoms with Crippen LogP contribution in [-0.2, 0) is 6.42 Å². The van der Waals surface area contributed by atoms with E-state index in [1.165, 1.54) is 43.1 Å².